The summed E-state index contributed by atoms with van der Waals surface area (Å²) < 4.78 is 0. The van der Waals surface area contributed by atoms with E-state index in [1.807, 2.05) is 0 Å². The predicted molar refractivity (Wildman–Crippen MR) is 127 cm³/mol. The smallest absolute Gasteiger partial charge is 0.252 e. The van der Waals surface area contributed by atoms with Gasteiger partial charge in [0.15, 0.2) is 0 Å². The Labute approximate surface area is 190 Å². The third-order valence-electron chi connectivity index (χ3n) is 6.35. The monoisotopic (exact) mass is 423 g/mol. The summed E-state index contributed by atoms with van der Waals surface area (Å²) in [7, 11) is 0. The third-order valence-corrected chi connectivity index (χ3v) is 6.35. The number of hydrogen-bond donors (Lipinski definition) is 1. The molecule has 1 heterocycles. The quantitative estimate of drug-likeness (QED) is 0.583. The van der Waals surface area contributed by atoms with E-state index in [-0.39, 0.29) is 11.9 Å². The fourth-order valence-electron chi connectivity index (χ4n) is 4.55. The van der Waals surface area contributed by atoms with Gasteiger partial charge in [0.25, 0.3) is 5.91 Å². The number of rotatable bonds is 7. The lowest BCUT2D eigenvalue weighted by atomic mass is 9.88. The lowest BCUT2D eigenvalue weighted by molar-refractivity contribution is 0.0910. The van der Waals surface area contributed by atoms with Gasteiger partial charge in [-0.15, -0.1) is 0 Å². The number of nitriles is 1. The van der Waals surface area contributed by atoms with Gasteiger partial charge < -0.3 is 10.2 Å². The number of hydrogen-bond acceptors (Lipinski definition) is 3. The molecule has 162 valence electrons. The molecule has 3 aromatic carbocycles. The molecule has 1 saturated heterocycles. The molecule has 0 atom stereocenters. The fraction of sp³-hybridized carbons (Fsp3) is 0.286. The number of amides is 1. The Hall–Kier alpha value is -3.42. The fourth-order valence-corrected chi connectivity index (χ4v) is 4.55. The summed E-state index contributed by atoms with van der Waals surface area (Å²) in [5.74, 6) is 0.242. The van der Waals surface area contributed by atoms with E-state index in [9.17, 15) is 10.1 Å². The van der Waals surface area contributed by atoms with E-state index in [0.717, 1.165) is 38.9 Å². The molecule has 0 spiro atoms. The molecule has 0 unspecified atom stereocenters. The maximum absolute atomic E-state index is 12.6. The molecule has 0 saturated carbocycles. The van der Waals surface area contributed by atoms with Crippen molar-refractivity contribution in [3.05, 3.63) is 107 Å². The van der Waals surface area contributed by atoms with Crippen LogP contribution in [-0.4, -0.2) is 36.5 Å². The summed E-state index contributed by atoms with van der Waals surface area (Å²) in [5.41, 5.74) is 3.61. The summed E-state index contributed by atoms with van der Waals surface area (Å²) in [4.78, 5) is 15.1. The molecule has 0 aromatic heterocycles. The van der Waals surface area contributed by atoms with E-state index in [2.05, 4.69) is 76.9 Å². The maximum atomic E-state index is 12.6. The molecule has 32 heavy (non-hydrogen) atoms. The van der Waals surface area contributed by atoms with Gasteiger partial charge in [0.1, 0.15) is 0 Å². The molecule has 4 rings (SSSR count). The van der Waals surface area contributed by atoms with E-state index in [4.69, 9.17) is 0 Å². The second-order valence-corrected chi connectivity index (χ2v) is 8.41. The predicted octanol–water partition coefficient (Wildman–Crippen LogP) is 4.97. The molecule has 0 radical (unpaired) electrons. The highest BCUT2D eigenvalue weighted by Gasteiger charge is 2.23. The zero-order valence-electron chi connectivity index (χ0n) is 18.3. The molecular formula is C28H29N3O. The average molecular weight is 424 g/mol. The maximum Gasteiger partial charge on any atom is 0.252 e. The first kappa shape index (κ1) is 21.8. The van der Waals surface area contributed by atoms with Crippen molar-refractivity contribution in [2.45, 2.75) is 31.2 Å². The molecule has 4 heteroatoms. The van der Waals surface area contributed by atoms with E-state index >= 15 is 0 Å². The summed E-state index contributed by atoms with van der Waals surface area (Å²) in [6.45, 7) is 2.98. The first-order valence-electron chi connectivity index (χ1n) is 11.4. The third kappa shape index (κ3) is 5.43. The van der Waals surface area contributed by atoms with Crippen LogP contribution in [0.2, 0.25) is 0 Å². The highest BCUT2D eigenvalue weighted by molar-refractivity contribution is 5.96. The largest absolute Gasteiger partial charge is 0.349 e. The van der Waals surface area contributed by atoms with E-state index < -0.39 is 0 Å². The second-order valence-electron chi connectivity index (χ2n) is 8.41. The molecule has 1 amide bonds. The van der Waals surface area contributed by atoms with Gasteiger partial charge in [-0.25, -0.2) is 0 Å². The molecule has 0 bridgehead atoms. The van der Waals surface area contributed by atoms with Crippen LogP contribution < -0.4 is 5.32 Å². The second kappa shape index (κ2) is 10.7. The molecule has 1 fully saturated rings. The lowest BCUT2D eigenvalue weighted by Crippen LogP contribution is -2.45. The number of nitrogens with one attached hydrogen (secondary N) is 1. The van der Waals surface area contributed by atoms with Crippen LogP contribution in [0.5, 0.6) is 0 Å². The van der Waals surface area contributed by atoms with Crippen LogP contribution in [0.15, 0.2) is 84.9 Å². The van der Waals surface area contributed by atoms with Crippen LogP contribution in [0.4, 0.5) is 0 Å². The number of carbonyl (C=O) groups is 1. The van der Waals surface area contributed by atoms with Gasteiger partial charge in [0, 0.05) is 25.0 Å². The topological polar surface area (TPSA) is 56.1 Å². The van der Waals surface area contributed by atoms with Gasteiger partial charge >= 0.3 is 0 Å². The standard InChI is InChI=1S/C28H29N3O/c29-21-24-13-7-8-14-27(24)28(32)30-25-15-18-31(19-16-25)20-17-26(22-9-3-1-4-10-22)23-11-5-2-6-12-23/h1-14,25-26H,15-20H2,(H,30,32). The minimum Gasteiger partial charge on any atom is -0.349 e. The van der Waals surface area contributed by atoms with Crippen LogP contribution in [0.3, 0.4) is 0 Å². The van der Waals surface area contributed by atoms with Crippen molar-refractivity contribution in [2.24, 2.45) is 0 Å². The highest BCUT2D eigenvalue weighted by Crippen LogP contribution is 2.28. The van der Waals surface area contributed by atoms with Crippen LogP contribution >= 0.6 is 0 Å². The van der Waals surface area contributed by atoms with Crippen molar-refractivity contribution in [3.8, 4) is 6.07 Å². The first-order valence-corrected chi connectivity index (χ1v) is 11.4. The van der Waals surface area contributed by atoms with Gasteiger partial charge in [0.2, 0.25) is 0 Å². The SMILES string of the molecule is N#Cc1ccccc1C(=O)NC1CCN(CCC(c2ccccc2)c2ccccc2)CC1. The Balaban J connectivity index is 1.31. The summed E-state index contributed by atoms with van der Waals surface area (Å²) >= 11 is 0. The zero-order chi connectivity index (χ0) is 22.2. The Morgan fingerprint density at radius 2 is 1.47 bits per heavy atom. The van der Waals surface area contributed by atoms with E-state index in [1.165, 1.54) is 11.1 Å². The number of likely N-dealkylation sites (tertiary alicyclic amines) is 1. The minimum absolute atomic E-state index is 0.145. The van der Waals surface area contributed by atoms with Gasteiger partial charge in [-0.1, -0.05) is 72.8 Å². The van der Waals surface area contributed by atoms with Crippen LogP contribution in [0.25, 0.3) is 0 Å². The van der Waals surface area contributed by atoms with Gasteiger partial charge in [-0.05, 0) is 49.1 Å². The van der Waals surface area contributed by atoms with Crippen molar-refractivity contribution < 1.29 is 4.79 Å². The highest BCUT2D eigenvalue weighted by atomic mass is 16.1. The van der Waals surface area contributed by atoms with Crippen LogP contribution in [0, 0.1) is 11.3 Å². The molecule has 1 aliphatic rings. The summed E-state index contributed by atoms with van der Waals surface area (Å²) in [6, 6.07) is 30.7. The van der Waals surface area contributed by atoms with Crippen molar-refractivity contribution in [2.75, 3.05) is 19.6 Å². The van der Waals surface area contributed by atoms with Crippen molar-refractivity contribution in [1.29, 1.82) is 5.26 Å². The lowest BCUT2D eigenvalue weighted by Gasteiger charge is -2.33. The molecule has 3 aromatic rings. The molecule has 4 nitrogen and oxygen atoms in total. The number of nitrogens with zero attached hydrogens (tertiary/aromatic N) is 2. The Kier molecular flexibility index (Phi) is 7.32. The summed E-state index contributed by atoms with van der Waals surface area (Å²) in [5, 5.41) is 12.4. The van der Waals surface area contributed by atoms with E-state index in [0.29, 0.717) is 17.0 Å². The van der Waals surface area contributed by atoms with Gasteiger partial charge in [-0.2, -0.15) is 5.26 Å². The summed E-state index contributed by atoms with van der Waals surface area (Å²) in [6.07, 6.45) is 2.93. The Bertz CT molecular complexity index is 1010. The molecule has 0 aliphatic carbocycles. The normalized spacial score (nSPS) is 14.8. The number of benzene rings is 3. The van der Waals surface area contributed by atoms with Crippen LogP contribution in [0.1, 0.15) is 52.2 Å². The zero-order valence-corrected chi connectivity index (χ0v) is 18.3. The average Bonchev–Trinajstić information content (AvgIpc) is 2.86. The number of piperidine rings is 1. The van der Waals surface area contributed by atoms with Crippen molar-refractivity contribution in [1.82, 2.24) is 10.2 Å². The molecule has 1 aliphatic heterocycles. The molecule has 1 N–H and O–H groups in total. The van der Waals surface area contributed by atoms with Crippen molar-refractivity contribution >= 4 is 5.91 Å². The van der Waals surface area contributed by atoms with Crippen LogP contribution in [-0.2, 0) is 0 Å². The number of carbonyl (C=O) groups excluding carboxylic acids is 1. The Morgan fingerprint density at radius 1 is 0.906 bits per heavy atom. The van der Waals surface area contributed by atoms with Crippen molar-refractivity contribution in [3.63, 3.8) is 0 Å². The van der Waals surface area contributed by atoms with E-state index in [1.54, 1.807) is 24.3 Å². The van der Waals surface area contributed by atoms with Gasteiger partial charge in [-0.3, -0.25) is 4.79 Å². The van der Waals surface area contributed by atoms with Gasteiger partial charge in [0.05, 0.1) is 17.2 Å². The Morgan fingerprint density at radius 3 is 2.06 bits per heavy atom. The first-order chi connectivity index (χ1) is 15.7. The molecular weight excluding hydrogens is 394 g/mol. The minimum atomic E-state index is -0.145.